The highest BCUT2D eigenvalue weighted by Crippen LogP contribution is 2.37. The summed E-state index contributed by atoms with van der Waals surface area (Å²) in [5, 5.41) is 22.7. The molecule has 3 atom stereocenters. The van der Waals surface area contributed by atoms with Gasteiger partial charge in [0.25, 0.3) is 0 Å². The van der Waals surface area contributed by atoms with Gasteiger partial charge in [0.2, 0.25) is 5.91 Å². The smallest absolute Gasteiger partial charge is 0.526 e. The second-order valence-corrected chi connectivity index (χ2v) is 10.3. The van der Waals surface area contributed by atoms with Crippen molar-refractivity contribution >= 4 is 42.6 Å². The van der Waals surface area contributed by atoms with E-state index in [-0.39, 0.29) is 50.3 Å². The van der Waals surface area contributed by atoms with E-state index in [1.165, 1.54) is 11.0 Å². The van der Waals surface area contributed by atoms with Crippen molar-refractivity contribution in [3.8, 4) is 5.75 Å². The standard InChI is InChI=1S/C25H32BN5O9/c1-2-30-8-9-31(23(35)22(30)34)25(38)28-20(15-6-7-29(12-15)13-19(27)33)18(32)11-16-10-14-4-3-5-17(24(36)37)21(14)40-26(16)39/h3-5,15-16,20,39H,2,6-13H2,1H3,(H2,27,33)(H,28,38)(H,36,37)/t15?,16-,20?/m1/s1. The number of Topliss-reactive ketones (excluding diaryl/α,β-unsaturated/α-hetero) is 1. The van der Waals surface area contributed by atoms with Crippen LogP contribution in [0.5, 0.6) is 5.75 Å². The lowest BCUT2D eigenvalue weighted by molar-refractivity contribution is -0.153. The van der Waals surface area contributed by atoms with E-state index in [2.05, 4.69) is 5.32 Å². The molecule has 40 heavy (non-hydrogen) atoms. The van der Waals surface area contributed by atoms with Crippen LogP contribution in [0.1, 0.15) is 35.7 Å². The predicted molar refractivity (Wildman–Crippen MR) is 139 cm³/mol. The van der Waals surface area contributed by atoms with E-state index in [9.17, 15) is 38.9 Å². The van der Waals surface area contributed by atoms with Crippen molar-refractivity contribution in [1.29, 1.82) is 0 Å². The predicted octanol–water partition coefficient (Wildman–Crippen LogP) is -1.29. The summed E-state index contributed by atoms with van der Waals surface area (Å²) in [5.41, 5.74) is 5.73. The van der Waals surface area contributed by atoms with E-state index in [4.69, 9.17) is 10.4 Å². The number of nitrogens with one attached hydrogen (secondary N) is 1. The van der Waals surface area contributed by atoms with Gasteiger partial charge in [-0.15, -0.1) is 0 Å². The van der Waals surface area contributed by atoms with E-state index < -0.39 is 60.4 Å². The molecule has 1 aromatic rings. The molecule has 2 saturated heterocycles. The second-order valence-electron chi connectivity index (χ2n) is 10.3. The molecule has 214 valence electrons. The van der Waals surface area contributed by atoms with Crippen LogP contribution in [0.3, 0.4) is 0 Å². The number of aromatic carboxylic acids is 1. The maximum Gasteiger partial charge on any atom is 0.526 e. The third kappa shape index (κ3) is 6.10. The number of primary amides is 1. The van der Waals surface area contributed by atoms with Gasteiger partial charge in [0.1, 0.15) is 5.75 Å². The molecule has 15 heteroatoms. The molecule has 0 spiro atoms. The van der Waals surface area contributed by atoms with Crippen LogP contribution in [0.15, 0.2) is 18.2 Å². The number of piperazine rings is 1. The highest BCUT2D eigenvalue weighted by atomic mass is 16.5. The lowest BCUT2D eigenvalue weighted by Crippen LogP contribution is -2.60. The molecule has 0 radical (unpaired) electrons. The summed E-state index contributed by atoms with van der Waals surface area (Å²) in [6.07, 6.45) is 0.398. The number of carbonyl (C=O) groups excluding carboxylic acids is 5. The van der Waals surface area contributed by atoms with E-state index in [1.54, 1.807) is 24.0 Å². The number of likely N-dealkylation sites (tertiary alicyclic amines) is 1. The lowest BCUT2D eigenvalue weighted by Gasteiger charge is -2.34. The normalized spacial score (nSPS) is 22.0. The number of hydrogen-bond acceptors (Lipinski definition) is 9. The van der Waals surface area contributed by atoms with Gasteiger partial charge in [0.15, 0.2) is 5.78 Å². The Bertz CT molecular complexity index is 1230. The number of para-hydroxylation sites is 1. The molecule has 2 fully saturated rings. The first kappa shape index (κ1) is 29.0. The van der Waals surface area contributed by atoms with Gasteiger partial charge < -0.3 is 30.7 Å². The Hall–Kier alpha value is -3.98. The Morgan fingerprint density at radius 3 is 2.60 bits per heavy atom. The van der Waals surface area contributed by atoms with Gasteiger partial charge in [-0.3, -0.25) is 29.0 Å². The molecular formula is C25H32BN5O9. The lowest BCUT2D eigenvalue weighted by atomic mass is 9.64. The van der Waals surface area contributed by atoms with Crippen LogP contribution in [0, 0.1) is 5.92 Å². The van der Waals surface area contributed by atoms with E-state index in [0.29, 0.717) is 25.1 Å². The average molecular weight is 557 g/mol. The van der Waals surface area contributed by atoms with Gasteiger partial charge in [-0.2, -0.15) is 0 Å². The minimum Gasteiger partial charge on any atom is -0.535 e. The summed E-state index contributed by atoms with van der Waals surface area (Å²) >= 11 is 0. The first-order valence-electron chi connectivity index (χ1n) is 13.1. The molecular weight excluding hydrogens is 525 g/mol. The highest BCUT2D eigenvalue weighted by Gasteiger charge is 2.43. The number of imide groups is 1. The molecule has 0 aromatic heterocycles. The fourth-order valence-electron chi connectivity index (χ4n) is 5.55. The Morgan fingerprint density at radius 2 is 1.93 bits per heavy atom. The van der Waals surface area contributed by atoms with E-state index in [0.717, 1.165) is 4.90 Å². The largest absolute Gasteiger partial charge is 0.535 e. The number of benzene rings is 1. The number of carbonyl (C=O) groups is 6. The third-order valence-corrected chi connectivity index (χ3v) is 7.64. The number of nitrogens with zero attached hydrogens (tertiary/aromatic N) is 3. The Morgan fingerprint density at radius 1 is 1.18 bits per heavy atom. The summed E-state index contributed by atoms with van der Waals surface area (Å²) in [7, 11) is -1.47. The molecule has 3 heterocycles. The number of nitrogens with two attached hydrogens (primary N) is 1. The topological polar surface area (TPSA) is 200 Å². The number of rotatable bonds is 9. The third-order valence-electron chi connectivity index (χ3n) is 7.64. The van der Waals surface area contributed by atoms with Crippen molar-refractivity contribution in [3.05, 3.63) is 29.3 Å². The fourth-order valence-corrected chi connectivity index (χ4v) is 5.55. The quantitative estimate of drug-likeness (QED) is 0.209. The van der Waals surface area contributed by atoms with Crippen LogP contribution in [-0.2, 0) is 25.6 Å². The number of carboxylic acid groups (broad SMARTS) is 1. The van der Waals surface area contributed by atoms with Crippen molar-refractivity contribution in [2.24, 2.45) is 11.7 Å². The zero-order valence-electron chi connectivity index (χ0n) is 22.1. The van der Waals surface area contributed by atoms with E-state index >= 15 is 0 Å². The van der Waals surface area contributed by atoms with Gasteiger partial charge in [0, 0.05) is 44.3 Å². The summed E-state index contributed by atoms with van der Waals surface area (Å²) < 4.78 is 5.51. The number of urea groups is 1. The molecule has 0 saturated carbocycles. The minimum atomic E-state index is -1.47. The first-order valence-corrected chi connectivity index (χ1v) is 13.1. The number of ketones is 1. The average Bonchev–Trinajstić information content (AvgIpc) is 3.35. The second kappa shape index (κ2) is 12.0. The summed E-state index contributed by atoms with van der Waals surface area (Å²) in [6.45, 7) is 2.91. The Kier molecular flexibility index (Phi) is 8.74. The molecule has 3 aliphatic rings. The van der Waals surface area contributed by atoms with Crippen LogP contribution in [0.2, 0.25) is 5.82 Å². The number of carboxylic acids is 1. The van der Waals surface area contributed by atoms with Crippen LogP contribution in [-0.4, -0.2) is 113 Å². The molecule has 5 N–H and O–H groups in total. The molecule has 0 aliphatic carbocycles. The maximum atomic E-state index is 13.7. The molecule has 4 rings (SSSR count). The Labute approximate surface area is 230 Å². The van der Waals surface area contributed by atoms with Crippen LogP contribution in [0.4, 0.5) is 4.79 Å². The maximum absolute atomic E-state index is 13.7. The fraction of sp³-hybridized carbons (Fsp3) is 0.520. The number of likely N-dealkylation sites (N-methyl/N-ethyl adjacent to an activating group) is 1. The van der Waals surface area contributed by atoms with Crippen molar-refractivity contribution < 1.29 is 43.6 Å². The number of hydrogen-bond donors (Lipinski definition) is 4. The van der Waals surface area contributed by atoms with Crippen molar-refractivity contribution in [2.75, 3.05) is 39.3 Å². The zero-order chi connectivity index (χ0) is 29.1. The molecule has 0 bridgehead atoms. The molecule has 14 nitrogen and oxygen atoms in total. The first-order chi connectivity index (χ1) is 19.0. The molecule has 2 unspecified atom stereocenters. The van der Waals surface area contributed by atoms with Gasteiger partial charge >= 0.3 is 30.9 Å². The van der Waals surface area contributed by atoms with Gasteiger partial charge in [-0.25, -0.2) is 9.59 Å². The van der Waals surface area contributed by atoms with E-state index in [1.807, 2.05) is 0 Å². The molecule has 1 aromatic carbocycles. The summed E-state index contributed by atoms with van der Waals surface area (Å²) in [6, 6.07) is 2.60. The minimum absolute atomic E-state index is 0.0187. The van der Waals surface area contributed by atoms with Crippen molar-refractivity contribution in [2.45, 2.75) is 38.0 Å². The monoisotopic (exact) mass is 557 g/mol. The van der Waals surface area contributed by atoms with Crippen molar-refractivity contribution in [3.63, 3.8) is 0 Å². The van der Waals surface area contributed by atoms with Crippen LogP contribution in [0.25, 0.3) is 0 Å². The summed E-state index contributed by atoms with van der Waals surface area (Å²) in [5.74, 6) is -5.08. The van der Waals surface area contributed by atoms with Crippen LogP contribution < -0.4 is 15.7 Å². The van der Waals surface area contributed by atoms with Gasteiger partial charge in [-0.1, -0.05) is 12.1 Å². The molecule has 3 aliphatic heterocycles. The van der Waals surface area contributed by atoms with Gasteiger partial charge in [0.05, 0.1) is 18.2 Å². The van der Waals surface area contributed by atoms with Crippen LogP contribution >= 0.6 is 0 Å². The number of fused-ring (bicyclic) bond motifs is 1. The zero-order valence-corrected chi connectivity index (χ0v) is 22.1. The molecule has 5 amide bonds. The highest BCUT2D eigenvalue weighted by molar-refractivity contribution is 6.47. The summed E-state index contributed by atoms with van der Waals surface area (Å²) in [4.78, 5) is 78.5. The SMILES string of the molecule is CCN1CCN(C(=O)NC(C(=O)C[C@H]2Cc3cccc(C(=O)O)c3OB2O)C2CCN(CC(N)=O)C2)C(=O)C1=O. The Balaban J connectivity index is 1.51. The van der Waals surface area contributed by atoms with Crippen molar-refractivity contribution in [1.82, 2.24) is 20.0 Å². The van der Waals surface area contributed by atoms with Gasteiger partial charge in [-0.05, 0) is 37.9 Å². The number of amides is 5.